The van der Waals surface area contributed by atoms with E-state index in [1.807, 2.05) is 33.9 Å². The van der Waals surface area contributed by atoms with E-state index in [1.165, 1.54) is 0 Å². The minimum Gasteiger partial charge on any atom is -0.480 e. The Balaban J connectivity index is 0.000000390. The number of carboxylic acid groups (broad SMARTS) is 1. The Morgan fingerprint density at radius 1 is 0.712 bits per heavy atom. The number of rotatable bonds is 18. The number of nitrogens with zero attached hydrogens (tertiary/aromatic N) is 1. The number of aliphatic carboxylic acids is 1. The van der Waals surface area contributed by atoms with Gasteiger partial charge in [0, 0.05) is 57.2 Å². The number of methoxy groups -OCH3 is 3. The quantitative estimate of drug-likeness (QED) is 0.0817. The molecule has 0 amide bonds. The van der Waals surface area contributed by atoms with Gasteiger partial charge in [-0.15, -0.1) is 16.4 Å². The predicted octanol–water partition coefficient (Wildman–Crippen LogP) is 0.0445. The van der Waals surface area contributed by atoms with Gasteiger partial charge in [-0.2, -0.15) is 0 Å². The Bertz CT molecular complexity index is 1160. The first kappa shape index (κ1) is 46.6. The van der Waals surface area contributed by atoms with Crippen molar-refractivity contribution in [2.45, 2.75) is 108 Å². The molecule has 0 aliphatic carbocycles. The minimum atomic E-state index is -0.848. The molecule has 3 aliphatic heterocycles. The molecule has 3 heterocycles. The Morgan fingerprint density at radius 3 is 1.50 bits per heavy atom. The van der Waals surface area contributed by atoms with Gasteiger partial charge in [0.1, 0.15) is 35.9 Å². The van der Waals surface area contributed by atoms with Crippen LogP contribution in [0.4, 0.5) is 0 Å². The van der Waals surface area contributed by atoms with E-state index in [0.29, 0.717) is 26.2 Å². The van der Waals surface area contributed by atoms with E-state index in [2.05, 4.69) is 49.0 Å². The summed E-state index contributed by atoms with van der Waals surface area (Å²) in [4.78, 5) is 50.3. The third kappa shape index (κ3) is 14.5. The highest BCUT2D eigenvalue weighted by Gasteiger charge is 2.44. The maximum absolute atomic E-state index is 11.6. The van der Waals surface area contributed by atoms with Crippen LogP contribution in [0.15, 0.2) is 0 Å². The van der Waals surface area contributed by atoms with Crippen LogP contribution in [0.3, 0.4) is 0 Å². The number of terminal acetylenes is 3. The molecule has 12 atom stereocenters. The zero-order valence-electron chi connectivity index (χ0n) is 32.0. The molecule has 0 radical (unpaired) electrons. The molecule has 0 aromatic carbocycles. The van der Waals surface area contributed by atoms with Crippen molar-refractivity contribution in [1.82, 2.24) is 32.0 Å². The lowest BCUT2D eigenvalue weighted by Crippen LogP contribution is -2.49. The lowest BCUT2D eigenvalue weighted by molar-refractivity contribution is -0.139. The van der Waals surface area contributed by atoms with Crippen molar-refractivity contribution in [3.8, 4) is 37.6 Å². The number of carbonyl (C=O) groups excluding carboxylic acids is 2. The predicted molar refractivity (Wildman–Crippen MR) is 193 cm³/mol. The van der Waals surface area contributed by atoms with Crippen LogP contribution in [0.25, 0.3) is 0 Å². The molecule has 0 bridgehead atoms. The summed E-state index contributed by atoms with van der Waals surface area (Å²) in [6, 6.07) is -0.550. The molecule has 3 saturated heterocycles. The van der Waals surface area contributed by atoms with Gasteiger partial charge < -0.3 is 39.1 Å². The van der Waals surface area contributed by atoms with Crippen LogP contribution in [0, 0.1) is 55.3 Å². The summed E-state index contributed by atoms with van der Waals surface area (Å²) in [5.74, 6) is 0.170. The van der Waals surface area contributed by atoms with E-state index < -0.39 is 12.0 Å². The molecule has 52 heavy (non-hydrogen) atoms. The van der Waals surface area contributed by atoms with Crippen molar-refractivity contribution in [3.05, 3.63) is 0 Å². The maximum atomic E-state index is 11.6. The van der Waals surface area contributed by atoms with E-state index in [9.17, 15) is 14.4 Å². The average Bonchev–Trinajstić information content (AvgIpc) is 3.82. The molecule has 16 nitrogen and oxygen atoms in total. The highest BCUT2D eigenvalue weighted by atomic mass is 16.6. The van der Waals surface area contributed by atoms with Gasteiger partial charge in [-0.05, 0) is 60.9 Å². The van der Waals surface area contributed by atoms with E-state index in [1.54, 1.807) is 35.2 Å². The second-order valence-corrected chi connectivity index (χ2v) is 13.5. The SMILES string of the molecule is C#CONC(C)[C@@H]1N[C@@H](C(=O)O)C[C@H]1COC.C#CONC(C)[C@@H]1N[C@@H](C(C)=O)C[C@H]1COC.C#CONC(C)[C@H]1[C@H](COC)C[C@H](C(C)=O)N1C. The van der Waals surface area contributed by atoms with Gasteiger partial charge in [0.25, 0.3) is 0 Å². The number of Topliss-reactive ketones (excluding diaryl/α,β-unsaturated/α-hetero) is 2. The van der Waals surface area contributed by atoms with Crippen LogP contribution in [0.1, 0.15) is 53.9 Å². The van der Waals surface area contributed by atoms with Crippen molar-refractivity contribution >= 4 is 17.5 Å². The van der Waals surface area contributed by atoms with Crippen LogP contribution < -0.4 is 27.1 Å². The summed E-state index contributed by atoms with van der Waals surface area (Å²) in [6.45, 7) is 10.8. The topological polar surface area (TPSA) is 190 Å². The molecule has 0 spiro atoms. The van der Waals surface area contributed by atoms with E-state index in [4.69, 9.17) is 48.3 Å². The van der Waals surface area contributed by atoms with Gasteiger partial charge in [0.15, 0.2) is 0 Å². The summed E-state index contributed by atoms with van der Waals surface area (Å²) < 4.78 is 15.5. The zero-order chi connectivity index (χ0) is 39.4. The van der Waals surface area contributed by atoms with E-state index in [0.717, 1.165) is 12.8 Å². The molecule has 3 aliphatic rings. The minimum absolute atomic E-state index is 0.00977. The molecule has 3 fully saturated rings. The Kier molecular flexibility index (Phi) is 22.1. The third-order valence-electron chi connectivity index (χ3n) is 9.75. The fourth-order valence-electron chi connectivity index (χ4n) is 7.43. The summed E-state index contributed by atoms with van der Waals surface area (Å²) in [5.41, 5.74) is 8.24. The van der Waals surface area contributed by atoms with Crippen LogP contribution in [0.5, 0.6) is 0 Å². The second kappa shape index (κ2) is 24.7. The zero-order valence-corrected chi connectivity index (χ0v) is 32.0. The molecule has 16 heteroatoms. The van der Waals surface area contributed by atoms with Gasteiger partial charge >= 0.3 is 5.97 Å². The number of likely N-dealkylation sites (N-methyl/N-ethyl adjacent to an activating group) is 1. The number of hydrogen-bond acceptors (Lipinski definition) is 15. The summed E-state index contributed by atoms with van der Waals surface area (Å²) in [5, 5.41) is 15.3. The van der Waals surface area contributed by atoms with Gasteiger partial charge in [0.2, 0.25) is 0 Å². The number of hydroxylamine groups is 3. The normalized spacial score (nSPS) is 29.7. The molecular weight excluding hydrogens is 676 g/mol. The standard InChI is InChI=1S/C13H22N2O3.C12H20N2O3.C11H18N2O4/c1-6-18-14-9(2)13-11(8-17-5)7-12(10(3)16)15(13)4;1-5-17-14-8(2)12-10(7-16-4)6-11(13-12)9(3)15;1-4-17-13-7(2)10-8(6-16-3)5-9(12-10)11(14)15/h1,9,11-14H,7-8H2,2-5H3;1,8,10-14H,6-7H2,2-4H3;1,7-10,12-13H,5-6H2,2-3H3,(H,14,15)/t9?,11-,12+,13-;8?,10-,11+,12-;7?,8-,9+,10-/m000/s1. The first-order valence-electron chi connectivity index (χ1n) is 17.3. The summed E-state index contributed by atoms with van der Waals surface area (Å²) in [7, 11) is 6.89. The van der Waals surface area contributed by atoms with Crippen LogP contribution in [0.2, 0.25) is 0 Å². The molecule has 6 N–H and O–H groups in total. The molecule has 0 saturated carbocycles. The largest absolute Gasteiger partial charge is 0.480 e. The molecular formula is C36H60N6O10. The van der Waals surface area contributed by atoms with Gasteiger partial charge in [-0.3, -0.25) is 24.6 Å². The molecule has 0 aromatic heterocycles. The Hall–Kier alpha value is -3.47. The second-order valence-electron chi connectivity index (χ2n) is 13.5. The number of hydrogen-bond donors (Lipinski definition) is 6. The number of likely N-dealkylation sites (tertiary alicyclic amines) is 1. The number of ketones is 2. The van der Waals surface area contributed by atoms with Crippen LogP contribution in [-0.4, -0.2) is 130 Å². The van der Waals surface area contributed by atoms with Gasteiger partial charge in [0.05, 0.1) is 50.0 Å². The number of carboxylic acids is 1. The van der Waals surface area contributed by atoms with Crippen molar-refractivity contribution in [2.75, 3.05) is 48.2 Å². The summed E-state index contributed by atoms with van der Waals surface area (Å²) in [6.07, 6.45) is 23.3. The molecule has 3 unspecified atom stereocenters. The number of nitrogens with one attached hydrogen (secondary N) is 5. The molecule has 3 rings (SSSR count). The first-order chi connectivity index (χ1) is 24.7. The fraction of sp³-hybridized carbons (Fsp3) is 0.750. The first-order valence-corrected chi connectivity index (χ1v) is 17.3. The smallest absolute Gasteiger partial charge is 0.320 e. The number of ether oxygens (including phenoxy) is 3. The maximum Gasteiger partial charge on any atom is 0.320 e. The molecule has 0 aromatic rings. The van der Waals surface area contributed by atoms with E-state index in [-0.39, 0.29) is 77.7 Å². The number of carbonyl (C=O) groups is 3. The molecule has 294 valence electrons. The van der Waals surface area contributed by atoms with Crippen molar-refractivity contribution in [2.24, 2.45) is 17.8 Å². The van der Waals surface area contributed by atoms with Crippen LogP contribution >= 0.6 is 0 Å². The van der Waals surface area contributed by atoms with E-state index >= 15 is 0 Å². The monoisotopic (exact) mass is 736 g/mol. The average molecular weight is 737 g/mol. The Labute approximate surface area is 309 Å². The van der Waals surface area contributed by atoms with Gasteiger partial charge in [-0.1, -0.05) is 19.3 Å². The lowest BCUT2D eigenvalue weighted by atomic mass is 9.95. The van der Waals surface area contributed by atoms with Gasteiger partial charge in [-0.25, -0.2) is 0 Å². The van der Waals surface area contributed by atoms with Crippen LogP contribution in [-0.2, 0) is 43.1 Å². The Morgan fingerprint density at radius 2 is 1.12 bits per heavy atom. The van der Waals surface area contributed by atoms with Crippen molar-refractivity contribution in [3.63, 3.8) is 0 Å². The van der Waals surface area contributed by atoms with Crippen molar-refractivity contribution < 1.29 is 48.2 Å². The highest BCUT2D eigenvalue weighted by Crippen LogP contribution is 2.31. The lowest BCUT2D eigenvalue weighted by Gasteiger charge is -2.31. The van der Waals surface area contributed by atoms with Crippen molar-refractivity contribution in [1.29, 1.82) is 0 Å². The summed E-state index contributed by atoms with van der Waals surface area (Å²) >= 11 is 0. The highest BCUT2D eigenvalue weighted by molar-refractivity contribution is 5.82. The fourth-order valence-corrected chi connectivity index (χ4v) is 7.43. The third-order valence-corrected chi connectivity index (χ3v) is 9.75.